The minimum atomic E-state index is -0.814. The molecule has 2 atom stereocenters. The molecule has 6 heteroatoms. The van der Waals surface area contributed by atoms with Crippen LogP contribution in [0, 0.1) is 5.41 Å². The number of nitrogens with zero attached hydrogens (tertiary/aromatic N) is 1. The van der Waals surface area contributed by atoms with Gasteiger partial charge in [0, 0.05) is 24.9 Å². The monoisotopic (exact) mass is 272 g/mol. The molecule has 0 radical (unpaired) electrons. The molecule has 2 amide bonds. The first kappa shape index (κ1) is 13.5. The van der Waals surface area contributed by atoms with Crippen LogP contribution < -0.4 is 5.32 Å². The predicted octanol–water partition coefficient (Wildman–Crippen LogP) is 1.39. The number of aliphatic carboxylic acids is 1. The number of carboxylic acids is 1. The van der Waals surface area contributed by atoms with Crippen molar-refractivity contribution in [1.82, 2.24) is 10.2 Å². The Hall–Kier alpha value is -0.910. The molecule has 2 heterocycles. The molecule has 0 aliphatic carbocycles. The SMILES string of the molecule is CC1(C(=O)O)CCN(C(=O)NC2CCCSC2)C1. The number of hydrogen-bond acceptors (Lipinski definition) is 3. The van der Waals surface area contributed by atoms with Crippen molar-refractivity contribution in [2.75, 3.05) is 24.6 Å². The van der Waals surface area contributed by atoms with Crippen molar-refractivity contribution in [3.63, 3.8) is 0 Å². The first-order valence-electron chi connectivity index (χ1n) is 6.38. The summed E-state index contributed by atoms with van der Waals surface area (Å²) >= 11 is 1.86. The van der Waals surface area contributed by atoms with Crippen molar-refractivity contribution in [1.29, 1.82) is 0 Å². The highest BCUT2D eigenvalue weighted by Gasteiger charge is 2.42. The first-order valence-corrected chi connectivity index (χ1v) is 7.53. The minimum absolute atomic E-state index is 0.104. The molecule has 2 unspecified atom stereocenters. The Bertz CT molecular complexity index is 344. The van der Waals surface area contributed by atoms with Gasteiger partial charge in [-0.15, -0.1) is 0 Å². The largest absolute Gasteiger partial charge is 0.481 e. The quantitative estimate of drug-likeness (QED) is 0.797. The van der Waals surface area contributed by atoms with Crippen LogP contribution in [0.3, 0.4) is 0 Å². The Morgan fingerprint density at radius 1 is 1.50 bits per heavy atom. The Morgan fingerprint density at radius 2 is 2.28 bits per heavy atom. The summed E-state index contributed by atoms with van der Waals surface area (Å²) in [6.07, 6.45) is 2.71. The molecule has 5 nitrogen and oxygen atoms in total. The normalized spacial score (nSPS) is 32.3. The van der Waals surface area contributed by atoms with E-state index in [1.807, 2.05) is 11.8 Å². The molecule has 0 saturated carbocycles. The standard InChI is InChI=1S/C12H20N2O3S/c1-12(10(15)16)4-5-14(8-12)11(17)13-9-3-2-6-18-7-9/h9H,2-8H2,1H3,(H,13,17)(H,15,16). The summed E-state index contributed by atoms with van der Waals surface area (Å²) in [7, 11) is 0. The maximum atomic E-state index is 12.0. The summed E-state index contributed by atoms with van der Waals surface area (Å²) in [6.45, 7) is 2.56. The van der Waals surface area contributed by atoms with Gasteiger partial charge in [-0.05, 0) is 31.9 Å². The number of urea groups is 1. The lowest BCUT2D eigenvalue weighted by molar-refractivity contribution is -0.146. The molecule has 2 saturated heterocycles. The van der Waals surface area contributed by atoms with Crippen LogP contribution in [0.4, 0.5) is 4.79 Å². The van der Waals surface area contributed by atoms with Gasteiger partial charge in [0.05, 0.1) is 5.41 Å². The van der Waals surface area contributed by atoms with E-state index >= 15 is 0 Å². The Morgan fingerprint density at radius 3 is 2.83 bits per heavy atom. The number of hydrogen-bond donors (Lipinski definition) is 2. The summed E-state index contributed by atoms with van der Waals surface area (Å²) in [6, 6.07) is 0.139. The Balaban J connectivity index is 1.85. The van der Waals surface area contributed by atoms with Gasteiger partial charge in [0.1, 0.15) is 0 Å². The summed E-state index contributed by atoms with van der Waals surface area (Å²) in [4.78, 5) is 24.8. The highest BCUT2D eigenvalue weighted by atomic mass is 32.2. The van der Waals surface area contributed by atoms with Crippen molar-refractivity contribution in [2.24, 2.45) is 5.41 Å². The molecule has 0 aromatic rings. The van der Waals surface area contributed by atoms with Crippen LogP contribution in [0.15, 0.2) is 0 Å². The second kappa shape index (κ2) is 5.38. The third kappa shape index (κ3) is 2.91. The van der Waals surface area contributed by atoms with Crippen molar-refractivity contribution in [3.8, 4) is 0 Å². The number of carbonyl (C=O) groups is 2. The Labute approximate surface area is 111 Å². The lowest BCUT2D eigenvalue weighted by Crippen LogP contribution is -2.46. The van der Waals surface area contributed by atoms with Gasteiger partial charge in [-0.25, -0.2) is 4.79 Å². The number of likely N-dealkylation sites (tertiary alicyclic amines) is 1. The third-order valence-corrected chi connectivity index (χ3v) is 4.98. The van der Waals surface area contributed by atoms with Gasteiger partial charge in [0.15, 0.2) is 0 Å². The average molecular weight is 272 g/mol. The van der Waals surface area contributed by atoms with Gasteiger partial charge < -0.3 is 15.3 Å². The number of thioether (sulfide) groups is 1. The maximum absolute atomic E-state index is 12.0. The minimum Gasteiger partial charge on any atom is -0.481 e. The fourth-order valence-corrected chi connectivity index (χ4v) is 3.50. The smallest absolute Gasteiger partial charge is 0.317 e. The Kier molecular flexibility index (Phi) is 4.04. The average Bonchev–Trinajstić information content (AvgIpc) is 2.75. The van der Waals surface area contributed by atoms with E-state index < -0.39 is 11.4 Å². The lowest BCUT2D eigenvalue weighted by atomic mass is 9.90. The van der Waals surface area contributed by atoms with Crippen molar-refractivity contribution < 1.29 is 14.7 Å². The molecule has 0 spiro atoms. The summed E-state index contributed by atoms with van der Waals surface area (Å²) < 4.78 is 0. The molecule has 0 bridgehead atoms. The molecule has 2 aliphatic rings. The molecule has 0 aromatic heterocycles. The van der Waals surface area contributed by atoms with Crippen LogP contribution in [0.1, 0.15) is 26.2 Å². The van der Waals surface area contributed by atoms with Crippen LogP contribution in [0.5, 0.6) is 0 Å². The first-order chi connectivity index (χ1) is 8.51. The van der Waals surface area contributed by atoms with Gasteiger partial charge in [-0.2, -0.15) is 11.8 Å². The number of carbonyl (C=O) groups excluding carboxylic acids is 1. The van der Waals surface area contributed by atoms with Crippen LogP contribution in [0.25, 0.3) is 0 Å². The highest BCUT2D eigenvalue weighted by molar-refractivity contribution is 7.99. The molecular formula is C12H20N2O3S. The molecule has 18 heavy (non-hydrogen) atoms. The third-order valence-electron chi connectivity index (χ3n) is 3.76. The molecule has 102 valence electrons. The number of rotatable bonds is 2. The second-order valence-corrected chi connectivity index (χ2v) is 6.55. The van der Waals surface area contributed by atoms with Crippen molar-refractivity contribution >= 4 is 23.8 Å². The van der Waals surface area contributed by atoms with E-state index in [1.165, 1.54) is 5.75 Å². The summed E-state index contributed by atoms with van der Waals surface area (Å²) in [5.74, 6) is 1.33. The molecule has 2 N–H and O–H groups in total. The fraction of sp³-hybridized carbons (Fsp3) is 0.833. The van der Waals surface area contributed by atoms with Crippen molar-refractivity contribution in [2.45, 2.75) is 32.2 Å². The van der Waals surface area contributed by atoms with E-state index in [4.69, 9.17) is 5.11 Å². The van der Waals surface area contributed by atoms with Crippen LogP contribution in [0.2, 0.25) is 0 Å². The van der Waals surface area contributed by atoms with Gasteiger partial charge in [-0.1, -0.05) is 0 Å². The van der Waals surface area contributed by atoms with E-state index in [0.29, 0.717) is 19.5 Å². The molecule has 2 fully saturated rings. The number of amides is 2. The van der Waals surface area contributed by atoms with E-state index in [-0.39, 0.29) is 12.1 Å². The van der Waals surface area contributed by atoms with E-state index in [9.17, 15) is 9.59 Å². The lowest BCUT2D eigenvalue weighted by Gasteiger charge is -2.26. The zero-order valence-corrected chi connectivity index (χ0v) is 11.5. The highest BCUT2D eigenvalue weighted by Crippen LogP contribution is 2.30. The number of nitrogens with one attached hydrogen (secondary N) is 1. The van der Waals surface area contributed by atoms with Crippen LogP contribution >= 0.6 is 11.8 Å². The summed E-state index contributed by atoms with van der Waals surface area (Å²) in [5.41, 5.74) is -0.779. The van der Waals surface area contributed by atoms with E-state index in [0.717, 1.165) is 18.6 Å². The second-order valence-electron chi connectivity index (χ2n) is 5.40. The van der Waals surface area contributed by atoms with Crippen LogP contribution in [-0.2, 0) is 4.79 Å². The van der Waals surface area contributed by atoms with E-state index in [1.54, 1.807) is 11.8 Å². The van der Waals surface area contributed by atoms with Crippen LogP contribution in [-0.4, -0.2) is 52.6 Å². The topological polar surface area (TPSA) is 69.6 Å². The molecule has 2 aliphatic heterocycles. The van der Waals surface area contributed by atoms with E-state index in [2.05, 4.69) is 5.32 Å². The van der Waals surface area contributed by atoms with Crippen molar-refractivity contribution in [3.05, 3.63) is 0 Å². The maximum Gasteiger partial charge on any atom is 0.317 e. The fourth-order valence-electron chi connectivity index (χ4n) is 2.43. The van der Waals surface area contributed by atoms with Gasteiger partial charge >= 0.3 is 12.0 Å². The van der Waals surface area contributed by atoms with Gasteiger partial charge in [0.2, 0.25) is 0 Å². The number of carboxylic acid groups (broad SMARTS) is 1. The predicted molar refractivity (Wildman–Crippen MR) is 70.8 cm³/mol. The molecule has 0 aromatic carbocycles. The van der Waals surface area contributed by atoms with Gasteiger partial charge in [-0.3, -0.25) is 4.79 Å². The summed E-state index contributed by atoms with van der Waals surface area (Å²) in [5, 5.41) is 12.1. The zero-order chi connectivity index (χ0) is 13.2. The molecule has 2 rings (SSSR count). The molecular weight excluding hydrogens is 252 g/mol. The zero-order valence-electron chi connectivity index (χ0n) is 10.6. The van der Waals surface area contributed by atoms with Gasteiger partial charge in [0.25, 0.3) is 0 Å².